The first-order valence-electron chi connectivity index (χ1n) is 12.0. The molecule has 1 N–H and O–H groups in total. The van der Waals surface area contributed by atoms with Crippen molar-refractivity contribution >= 4 is 29.7 Å². The lowest BCUT2D eigenvalue weighted by Crippen LogP contribution is -2.31. The van der Waals surface area contributed by atoms with Crippen molar-refractivity contribution in [1.82, 2.24) is 4.98 Å². The molecule has 198 valence electrons. The number of rotatable bonds is 10. The van der Waals surface area contributed by atoms with Gasteiger partial charge in [0.25, 0.3) is 12.4 Å². The Morgan fingerprint density at radius 1 is 1.06 bits per heavy atom. The molecule has 1 aromatic carbocycles. The third-order valence-corrected chi connectivity index (χ3v) is 6.26. The summed E-state index contributed by atoms with van der Waals surface area (Å²) in [6.07, 6.45) is 3.33. The van der Waals surface area contributed by atoms with Crippen LogP contribution in [0.5, 0.6) is 0 Å². The van der Waals surface area contributed by atoms with Gasteiger partial charge >= 0.3 is 0 Å². The van der Waals surface area contributed by atoms with E-state index >= 15 is 0 Å². The van der Waals surface area contributed by atoms with E-state index in [9.17, 15) is 14.0 Å². The van der Waals surface area contributed by atoms with Gasteiger partial charge in [0.15, 0.2) is 0 Å². The molecule has 2 heterocycles. The van der Waals surface area contributed by atoms with Gasteiger partial charge in [-0.2, -0.15) is 0 Å². The minimum Gasteiger partial charge on any atom is -0.468 e. The van der Waals surface area contributed by atoms with E-state index in [1.807, 2.05) is 47.6 Å². The first-order valence-corrected chi connectivity index (χ1v) is 12.0. The second-order valence-corrected chi connectivity index (χ2v) is 10.2. The molecule has 0 radical (unpaired) electrons. The number of hydrogen-bond acceptors (Lipinski definition) is 5. The van der Waals surface area contributed by atoms with Crippen molar-refractivity contribution < 1.29 is 28.2 Å². The van der Waals surface area contributed by atoms with Gasteiger partial charge in [-0.1, -0.05) is 0 Å². The number of halogens is 1. The van der Waals surface area contributed by atoms with E-state index in [4.69, 9.17) is 9.47 Å². The van der Waals surface area contributed by atoms with Crippen LogP contribution in [0, 0.1) is 19.7 Å². The first-order chi connectivity index (χ1) is 16.8. The second kappa shape index (κ2) is 12.3. The molecule has 36 heavy (non-hydrogen) atoms. The number of likely N-dealkylation sites (N-methyl/N-ethyl adjacent to an activating group) is 1. The van der Waals surface area contributed by atoms with E-state index in [0.717, 1.165) is 29.1 Å². The van der Waals surface area contributed by atoms with E-state index in [2.05, 4.69) is 9.72 Å². The smallest absolute Gasteiger partial charge is 0.293 e. The van der Waals surface area contributed by atoms with Crippen molar-refractivity contribution in [3.63, 3.8) is 0 Å². The summed E-state index contributed by atoms with van der Waals surface area (Å²) in [6, 6.07) is 6.43. The van der Waals surface area contributed by atoms with Crippen LogP contribution < -0.4 is 4.90 Å². The predicted molar refractivity (Wildman–Crippen MR) is 140 cm³/mol. The number of anilines is 1. The Hall–Kier alpha value is -2.97. The average Bonchev–Trinajstić information content (AvgIpc) is 3.24. The highest BCUT2D eigenvalue weighted by molar-refractivity contribution is 6.35. The highest BCUT2D eigenvalue weighted by atomic mass is 19.1. The Morgan fingerprint density at radius 2 is 1.72 bits per heavy atom. The minimum atomic E-state index is -0.336. The number of fused-ring (bicyclic) bond motifs is 1. The molecule has 8 heteroatoms. The molecule has 0 aliphatic carbocycles. The Kier molecular flexibility index (Phi) is 10.0. The summed E-state index contributed by atoms with van der Waals surface area (Å²) in [5.41, 5.74) is 4.46. The number of H-pyrrole nitrogens is 1. The monoisotopic (exact) mass is 502 g/mol. The normalized spacial score (nSPS) is 14.5. The summed E-state index contributed by atoms with van der Waals surface area (Å²) >= 11 is 0. The molecule has 1 aromatic heterocycles. The van der Waals surface area contributed by atoms with Gasteiger partial charge in [-0.3, -0.25) is 9.59 Å². The molecule has 0 unspecified atom stereocenters. The van der Waals surface area contributed by atoms with Gasteiger partial charge in [0.05, 0.1) is 35.7 Å². The van der Waals surface area contributed by atoms with Crippen LogP contribution in [0.4, 0.5) is 10.1 Å². The number of nitrogens with one attached hydrogen (secondary N) is 1. The first kappa shape index (κ1) is 29.3. The van der Waals surface area contributed by atoms with E-state index < -0.39 is 0 Å². The van der Waals surface area contributed by atoms with Crippen LogP contribution in [0.2, 0.25) is 0 Å². The van der Waals surface area contributed by atoms with E-state index in [-0.39, 0.29) is 22.9 Å². The van der Waals surface area contributed by atoms with E-state index in [0.29, 0.717) is 37.2 Å². The molecule has 0 saturated heterocycles. The lowest BCUT2D eigenvalue weighted by Gasteiger charge is -2.28. The number of methoxy groups -OCH3 is 1. The number of carbonyl (C=O) groups is 2. The number of nitrogens with zero attached hydrogens (tertiary/aromatic N) is 1. The van der Waals surface area contributed by atoms with Crippen molar-refractivity contribution in [2.24, 2.45) is 0 Å². The lowest BCUT2D eigenvalue weighted by atomic mass is 10.0. The quantitative estimate of drug-likeness (QED) is 0.266. The molecular formula is C28H39FN2O5. The van der Waals surface area contributed by atoms with Crippen LogP contribution >= 0.6 is 0 Å². The molecule has 3 rings (SSSR count). The zero-order valence-electron chi connectivity index (χ0n) is 22.7. The molecule has 1 aliphatic heterocycles. The summed E-state index contributed by atoms with van der Waals surface area (Å²) in [6.45, 7) is 13.5. The molecule has 1 amide bonds. The Morgan fingerprint density at radius 3 is 2.31 bits per heavy atom. The fourth-order valence-electron chi connectivity index (χ4n) is 3.71. The Bertz CT molecular complexity index is 1090. The predicted octanol–water partition coefficient (Wildman–Crippen LogP) is 5.45. The van der Waals surface area contributed by atoms with Crippen LogP contribution in [0.25, 0.3) is 11.6 Å². The summed E-state index contributed by atoms with van der Waals surface area (Å²) < 4.78 is 29.1. The number of aryl methyl sites for hydroxylation is 2. The molecule has 2 aromatic rings. The van der Waals surface area contributed by atoms with Crippen molar-refractivity contribution in [2.45, 2.75) is 65.6 Å². The van der Waals surface area contributed by atoms with E-state index in [1.54, 1.807) is 31.2 Å². The summed E-state index contributed by atoms with van der Waals surface area (Å²) in [7, 11) is 3.40. The standard InChI is InChI=1S/C16H15FN2O.C12H24O4/c1-9-6-10(2)18-14(9)8-13-12-7-11(17)4-5-15(12)19(3)16(13)20;1-11(2,14-5)7-9-16-12(3,4)6-8-15-10-13/h4-8,18H,1-3H3;10H,6-9H2,1-5H3/b13-8-;. The summed E-state index contributed by atoms with van der Waals surface area (Å²) in [4.78, 5) is 27.1. The maximum atomic E-state index is 13.4. The van der Waals surface area contributed by atoms with Crippen molar-refractivity contribution in [1.29, 1.82) is 0 Å². The molecule has 0 fully saturated rings. The topological polar surface area (TPSA) is 80.9 Å². The molecule has 0 bridgehead atoms. The van der Waals surface area contributed by atoms with Gasteiger partial charge in [-0.15, -0.1) is 0 Å². The van der Waals surface area contributed by atoms with E-state index in [1.165, 1.54) is 12.1 Å². The van der Waals surface area contributed by atoms with Crippen molar-refractivity contribution in [2.75, 3.05) is 32.3 Å². The summed E-state index contributed by atoms with van der Waals surface area (Å²) in [5.74, 6) is -0.450. The summed E-state index contributed by atoms with van der Waals surface area (Å²) in [5, 5.41) is 0. The molecule has 0 saturated carbocycles. The fraction of sp³-hybridized carbons (Fsp3) is 0.500. The molecule has 1 aliphatic rings. The molecule has 7 nitrogen and oxygen atoms in total. The number of benzene rings is 1. The lowest BCUT2D eigenvalue weighted by molar-refractivity contribution is -0.131. The zero-order valence-corrected chi connectivity index (χ0v) is 22.7. The fourth-order valence-corrected chi connectivity index (χ4v) is 3.71. The third-order valence-electron chi connectivity index (χ3n) is 6.26. The van der Waals surface area contributed by atoms with Crippen LogP contribution in [0.3, 0.4) is 0 Å². The number of amides is 1. The largest absolute Gasteiger partial charge is 0.468 e. The Balaban J connectivity index is 0.000000262. The minimum absolute atomic E-state index is 0.114. The van der Waals surface area contributed by atoms with Crippen LogP contribution in [-0.4, -0.2) is 55.9 Å². The highest BCUT2D eigenvalue weighted by Crippen LogP contribution is 2.37. The van der Waals surface area contributed by atoms with Gasteiger partial charge in [-0.25, -0.2) is 4.39 Å². The Labute approximate surface area is 213 Å². The highest BCUT2D eigenvalue weighted by Gasteiger charge is 2.30. The van der Waals surface area contributed by atoms with Crippen LogP contribution in [0.1, 0.15) is 63.1 Å². The van der Waals surface area contributed by atoms with Gasteiger partial charge in [-0.05, 0) is 83.9 Å². The van der Waals surface area contributed by atoms with Gasteiger partial charge in [0.1, 0.15) is 5.82 Å². The average molecular weight is 503 g/mol. The van der Waals surface area contributed by atoms with Crippen LogP contribution in [0.15, 0.2) is 24.3 Å². The van der Waals surface area contributed by atoms with Crippen molar-refractivity contribution in [3.05, 3.63) is 52.6 Å². The third kappa shape index (κ3) is 8.03. The number of carbonyl (C=O) groups excluding carboxylic acids is 2. The van der Waals surface area contributed by atoms with Crippen molar-refractivity contribution in [3.8, 4) is 0 Å². The molecule has 0 atom stereocenters. The van der Waals surface area contributed by atoms with Gasteiger partial charge < -0.3 is 24.1 Å². The second-order valence-electron chi connectivity index (χ2n) is 10.2. The van der Waals surface area contributed by atoms with Gasteiger partial charge in [0.2, 0.25) is 0 Å². The zero-order chi connectivity index (χ0) is 27.1. The molecule has 0 spiro atoms. The number of ether oxygens (including phenoxy) is 3. The number of hydrogen-bond donors (Lipinski definition) is 1. The maximum absolute atomic E-state index is 13.4. The van der Waals surface area contributed by atoms with Crippen LogP contribution in [-0.2, 0) is 23.8 Å². The maximum Gasteiger partial charge on any atom is 0.293 e. The van der Waals surface area contributed by atoms with Gasteiger partial charge in [0, 0.05) is 37.5 Å². The SMILES string of the molecule is COC(C)(C)CCOC(C)(C)CCOC=O.Cc1cc(C)c(/C=C2\C(=O)N(C)c3ccc(F)cc32)[nH]1. The number of aromatic nitrogens is 1. The molecular weight excluding hydrogens is 463 g/mol. The number of aromatic amines is 1.